The molecule has 1 aliphatic rings. The number of hydrogen-bond acceptors (Lipinski definition) is 4. The SMILES string of the molecule is CC1CCN(c2ccnc3cc(Br)cnc23)CC1O. The quantitative estimate of drug-likeness (QED) is 0.877. The van der Waals surface area contributed by atoms with Crippen molar-refractivity contribution in [2.45, 2.75) is 19.4 Å². The Morgan fingerprint density at radius 1 is 1.42 bits per heavy atom. The molecule has 1 fully saturated rings. The molecule has 0 amide bonds. The van der Waals surface area contributed by atoms with Crippen LogP contribution in [0.2, 0.25) is 0 Å². The fourth-order valence-electron chi connectivity index (χ4n) is 2.51. The lowest BCUT2D eigenvalue weighted by molar-refractivity contribution is 0.103. The first-order valence-electron chi connectivity index (χ1n) is 6.48. The largest absolute Gasteiger partial charge is 0.391 e. The van der Waals surface area contributed by atoms with Crippen molar-refractivity contribution < 1.29 is 5.11 Å². The van der Waals surface area contributed by atoms with E-state index in [4.69, 9.17) is 0 Å². The summed E-state index contributed by atoms with van der Waals surface area (Å²) in [5.41, 5.74) is 2.83. The van der Waals surface area contributed by atoms with Crippen molar-refractivity contribution in [1.29, 1.82) is 0 Å². The smallest absolute Gasteiger partial charge is 0.112 e. The summed E-state index contributed by atoms with van der Waals surface area (Å²) in [6.45, 7) is 3.72. The van der Waals surface area contributed by atoms with Crippen molar-refractivity contribution in [2.24, 2.45) is 5.92 Å². The monoisotopic (exact) mass is 321 g/mol. The predicted molar refractivity (Wildman–Crippen MR) is 79.2 cm³/mol. The van der Waals surface area contributed by atoms with Gasteiger partial charge < -0.3 is 10.0 Å². The molecule has 0 bridgehead atoms. The summed E-state index contributed by atoms with van der Waals surface area (Å²) in [5, 5.41) is 10.0. The summed E-state index contributed by atoms with van der Waals surface area (Å²) in [7, 11) is 0. The minimum absolute atomic E-state index is 0.271. The van der Waals surface area contributed by atoms with Gasteiger partial charge in [-0.25, -0.2) is 0 Å². The summed E-state index contributed by atoms with van der Waals surface area (Å²) in [6.07, 6.45) is 4.32. The van der Waals surface area contributed by atoms with Crippen LogP contribution in [-0.4, -0.2) is 34.3 Å². The van der Waals surface area contributed by atoms with Crippen molar-refractivity contribution in [2.75, 3.05) is 18.0 Å². The average molecular weight is 322 g/mol. The van der Waals surface area contributed by atoms with E-state index in [1.165, 1.54) is 0 Å². The van der Waals surface area contributed by atoms with E-state index in [0.717, 1.165) is 34.2 Å². The van der Waals surface area contributed by atoms with Crippen LogP contribution < -0.4 is 4.90 Å². The van der Waals surface area contributed by atoms with Gasteiger partial charge in [-0.15, -0.1) is 0 Å². The molecule has 2 aromatic heterocycles. The van der Waals surface area contributed by atoms with Crippen LogP contribution in [0.15, 0.2) is 29.0 Å². The van der Waals surface area contributed by atoms with Crippen molar-refractivity contribution in [3.63, 3.8) is 0 Å². The van der Waals surface area contributed by atoms with Gasteiger partial charge in [0, 0.05) is 30.0 Å². The summed E-state index contributed by atoms with van der Waals surface area (Å²) in [4.78, 5) is 11.0. The summed E-state index contributed by atoms with van der Waals surface area (Å²) >= 11 is 3.41. The van der Waals surface area contributed by atoms with Crippen molar-refractivity contribution in [3.05, 3.63) is 29.0 Å². The number of halogens is 1. The zero-order valence-electron chi connectivity index (χ0n) is 10.8. The molecule has 100 valence electrons. The highest BCUT2D eigenvalue weighted by molar-refractivity contribution is 9.10. The molecular formula is C14H16BrN3O. The standard InChI is InChI=1S/C14H16BrN3O/c1-9-3-5-18(8-13(9)19)12-2-4-16-11-6-10(15)7-17-14(11)12/h2,4,6-7,9,13,19H,3,5,8H2,1H3. The molecule has 2 atom stereocenters. The van der Waals surface area contributed by atoms with Gasteiger partial charge in [0.15, 0.2) is 0 Å². The Hall–Kier alpha value is -1.20. The van der Waals surface area contributed by atoms with E-state index in [0.29, 0.717) is 12.5 Å². The number of hydrogen-bond donors (Lipinski definition) is 1. The molecule has 1 aliphatic heterocycles. The van der Waals surface area contributed by atoms with E-state index in [1.807, 2.05) is 12.1 Å². The van der Waals surface area contributed by atoms with Gasteiger partial charge in [0.2, 0.25) is 0 Å². The molecule has 0 saturated carbocycles. The number of aromatic nitrogens is 2. The number of β-amino-alcohol motifs (C(OH)–C–C–N with tert-alkyl or cyclic N) is 1. The highest BCUT2D eigenvalue weighted by atomic mass is 79.9. The number of rotatable bonds is 1. The minimum Gasteiger partial charge on any atom is -0.391 e. The van der Waals surface area contributed by atoms with Crippen LogP contribution in [0, 0.1) is 5.92 Å². The molecule has 2 unspecified atom stereocenters. The van der Waals surface area contributed by atoms with Crippen molar-refractivity contribution in [1.82, 2.24) is 9.97 Å². The van der Waals surface area contributed by atoms with Gasteiger partial charge in [-0.3, -0.25) is 9.97 Å². The maximum atomic E-state index is 10.0. The zero-order chi connectivity index (χ0) is 13.4. The van der Waals surface area contributed by atoms with Gasteiger partial charge in [0.1, 0.15) is 5.52 Å². The predicted octanol–water partition coefficient (Wildman–Crippen LogP) is 2.60. The lowest BCUT2D eigenvalue weighted by atomic mass is 9.95. The Kier molecular flexibility index (Phi) is 3.41. The molecule has 0 spiro atoms. The highest BCUT2D eigenvalue weighted by Gasteiger charge is 2.25. The van der Waals surface area contributed by atoms with Crippen molar-refractivity contribution >= 4 is 32.7 Å². The third kappa shape index (κ3) is 2.44. The molecule has 5 heteroatoms. The Morgan fingerprint density at radius 3 is 3.05 bits per heavy atom. The number of aliphatic hydroxyl groups excluding tert-OH is 1. The Balaban J connectivity index is 2.01. The molecule has 3 heterocycles. The molecule has 0 aromatic carbocycles. The molecule has 19 heavy (non-hydrogen) atoms. The van der Waals surface area contributed by atoms with Crippen LogP contribution in [0.3, 0.4) is 0 Å². The maximum absolute atomic E-state index is 10.0. The van der Waals surface area contributed by atoms with Gasteiger partial charge in [0.05, 0.1) is 17.3 Å². The normalized spacial score (nSPS) is 23.8. The molecule has 1 saturated heterocycles. The molecule has 3 rings (SSSR count). The van der Waals surface area contributed by atoms with E-state index in [9.17, 15) is 5.11 Å². The number of anilines is 1. The number of pyridine rings is 2. The van der Waals surface area contributed by atoms with Gasteiger partial charge in [-0.1, -0.05) is 6.92 Å². The van der Waals surface area contributed by atoms with Crippen molar-refractivity contribution in [3.8, 4) is 0 Å². The van der Waals surface area contributed by atoms with E-state index < -0.39 is 0 Å². The number of fused-ring (bicyclic) bond motifs is 1. The van der Waals surface area contributed by atoms with E-state index in [-0.39, 0.29) is 6.10 Å². The molecule has 2 aromatic rings. The fourth-order valence-corrected chi connectivity index (χ4v) is 2.83. The van der Waals surface area contributed by atoms with Crippen LogP contribution in [0.4, 0.5) is 5.69 Å². The summed E-state index contributed by atoms with van der Waals surface area (Å²) < 4.78 is 0.928. The molecular weight excluding hydrogens is 306 g/mol. The van der Waals surface area contributed by atoms with Gasteiger partial charge in [-0.2, -0.15) is 0 Å². The van der Waals surface area contributed by atoms with Crippen LogP contribution in [0.25, 0.3) is 11.0 Å². The maximum Gasteiger partial charge on any atom is 0.112 e. The Bertz CT molecular complexity index is 604. The third-order valence-corrected chi connectivity index (χ3v) is 4.22. The van der Waals surface area contributed by atoms with Crippen LogP contribution in [0.5, 0.6) is 0 Å². The first-order valence-corrected chi connectivity index (χ1v) is 7.28. The van der Waals surface area contributed by atoms with Crippen LogP contribution in [0.1, 0.15) is 13.3 Å². The van der Waals surface area contributed by atoms with Crippen LogP contribution >= 0.6 is 15.9 Å². The Morgan fingerprint density at radius 2 is 2.26 bits per heavy atom. The molecule has 0 radical (unpaired) electrons. The molecule has 0 aliphatic carbocycles. The fraction of sp³-hybridized carbons (Fsp3) is 0.429. The number of piperidine rings is 1. The second-order valence-corrected chi connectivity index (χ2v) is 6.05. The number of aliphatic hydroxyl groups is 1. The first kappa shape index (κ1) is 12.8. The molecule has 1 N–H and O–H groups in total. The summed E-state index contributed by atoms with van der Waals surface area (Å²) in [5.74, 6) is 0.367. The van der Waals surface area contributed by atoms with E-state index >= 15 is 0 Å². The first-order chi connectivity index (χ1) is 9.15. The van der Waals surface area contributed by atoms with Gasteiger partial charge in [0.25, 0.3) is 0 Å². The minimum atomic E-state index is -0.271. The summed E-state index contributed by atoms with van der Waals surface area (Å²) in [6, 6.07) is 3.95. The topological polar surface area (TPSA) is 49.2 Å². The van der Waals surface area contributed by atoms with Gasteiger partial charge >= 0.3 is 0 Å². The van der Waals surface area contributed by atoms with E-state index in [2.05, 4.69) is 37.7 Å². The second kappa shape index (κ2) is 5.06. The molecule has 4 nitrogen and oxygen atoms in total. The average Bonchev–Trinajstić information content (AvgIpc) is 2.41. The lowest BCUT2D eigenvalue weighted by Gasteiger charge is -2.36. The lowest BCUT2D eigenvalue weighted by Crippen LogP contribution is -2.43. The Labute approximate surface area is 120 Å². The van der Waals surface area contributed by atoms with Crippen LogP contribution in [-0.2, 0) is 0 Å². The second-order valence-electron chi connectivity index (χ2n) is 5.13. The van der Waals surface area contributed by atoms with E-state index in [1.54, 1.807) is 12.4 Å². The number of nitrogens with zero attached hydrogens (tertiary/aromatic N) is 3. The highest BCUT2D eigenvalue weighted by Crippen LogP contribution is 2.29. The third-order valence-electron chi connectivity index (χ3n) is 3.78. The zero-order valence-corrected chi connectivity index (χ0v) is 12.3. The van der Waals surface area contributed by atoms with Gasteiger partial charge in [-0.05, 0) is 40.4 Å².